The van der Waals surface area contributed by atoms with Crippen LogP contribution in [0.15, 0.2) is 0 Å². The van der Waals surface area contributed by atoms with Gasteiger partial charge in [-0.1, -0.05) is 13.8 Å². The fourth-order valence-corrected chi connectivity index (χ4v) is 2.83. The van der Waals surface area contributed by atoms with Crippen LogP contribution in [-0.2, 0) is 14.3 Å². The lowest BCUT2D eigenvalue weighted by Gasteiger charge is -2.51. The van der Waals surface area contributed by atoms with Crippen LogP contribution >= 0.6 is 0 Å². The van der Waals surface area contributed by atoms with Crippen LogP contribution in [0.25, 0.3) is 0 Å². The van der Waals surface area contributed by atoms with Crippen molar-refractivity contribution >= 4 is 12.0 Å². The molecule has 1 aliphatic heterocycles. The first kappa shape index (κ1) is 15.1. The summed E-state index contributed by atoms with van der Waals surface area (Å²) in [6.45, 7) is 4.38. The molecule has 2 rings (SSSR count). The van der Waals surface area contributed by atoms with Crippen LogP contribution in [-0.4, -0.2) is 55.1 Å². The number of urea groups is 1. The summed E-state index contributed by atoms with van der Waals surface area (Å²) in [6.07, 6.45) is 1.12. The molecule has 7 nitrogen and oxygen atoms in total. The molecular weight excluding hydrogens is 264 g/mol. The van der Waals surface area contributed by atoms with Crippen LogP contribution in [0.4, 0.5) is 4.79 Å². The summed E-state index contributed by atoms with van der Waals surface area (Å²) < 4.78 is 10.4. The Morgan fingerprint density at radius 2 is 2.10 bits per heavy atom. The van der Waals surface area contributed by atoms with Gasteiger partial charge in [-0.25, -0.2) is 9.59 Å². The van der Waals surface area contributed by atoms with E-state index < -0.39 is 17.5 Å². The molecule has 2 amide bonds. The average molecular weight is 286 g/mol. The second kappa shape index (κ2) is 5.21. The molecule has 1 saturated carbocycles. The number of methoxy groups -OCH3 is 1. The van der Waals surface area contributed by atoms with E-state index in [4.69, 9.17) is 9.47 Å². The molecule has 3 atom stereocenters. The highest BCUT2D eigenvalue weighted by Crippen LogP contribution is 2.42. The zero-order chi connectivity index (χ0) is 15.0. The highest BCUT2D eigenvalue weighted by atomic mass is 16.5. The zero-order valence-corrected chi connectivity index (χ0v) is 12.1. The topological polar surface area (TPSA) is 96.9 Å². The maximum Gasteiger partial charge on any atom is 0.332 e. The Kier molecular flexibility index (Phi) is 3.93. The van der Waals surface area contributed by atoms with Gasteiger partial charge in [-0.15, -0.1) is 0 Å². The number of carbonyl (C=O) groups excluding carboxylic acids is 1. The van der Waals surface area contributed by atoms with Crippen LogP contribution < -0.4 is 10.6 Å². The first-order valence-corrected chi connectivity index (χ1v) is 6.74. The second-order valence-electron chi connectivity index (χ2n) is 6.12. The van der Waals surface area contributed by atoms with Crippen molar-refractivity contribution in [3.63, 3.8) is 0 Å². The van der Waals surface area contributed by atoms with Gasteiger partial charge in [-0.05, 0) is 6.42 Å². The Hall–Kier alpha value is -1.34. The van der Waals surface area contributed by atoms with Crippen LogP contribution in [0.5, 0.6) is 0 Å². The summed E-state index contributed by atoms with van der Waals surface area (Å²) in [5, 5.41) is 14.6. The number of aliphatic carboxylic acids is 1. The van der Waals surface area contributed by atoms with Crippen LogP contribution in [0.1, 0.15) is 26.7 Å². The Morgan fingerprint density at radius 1 is 1.40 bits per heavy atom. The molecule has 2 fully saturated rings. The summed E-state index contributed by atoms with van der Waals surface area (Å²) >= 11 is 0. The van der Waals surface area contributed by atoms with E-state index in [0.29, 0.717) is 6.61 Å². The third-order valence-electron chi connectivity index (χ3n) is 4.55. The van der Waals surface area contributed by atoms with Crippen LogP contribution in [0, 0.1) is 5.41 Å². The number of hydrogen-bond donors (Lipinski definition) is 3. The van der Waals surface area contributed by atoms with Gasteiger partial charge in [0.15, 0.2) is 5.54 Å². The fraction of sp³-hybridized carbons (Fsp3) is 0.846. The Bertz CT molecular complexity index is 404. The molecule has 0 bridgehead atoms. The Morgan fingerprint density at radius 3 is 2.55 bits per heavy atom. The van der Waals surface area contributed by atoms with E-state index in [1.54, 1.807) is 7.11 Å². The minimum atomic E-state index is -1.31. The molecule has 1 saturated heterocycles. The summed E-state index contributed by atoms with van der Waals surface area (Å²) in [5.41, 5.74) is -1.46. The van der Waals surface area contributed by atoms with Crippen molar-refractivity contribution in [1.29, 1.82) is 0 Å². The van der Waals surface area contributed by atoms with Crippen LogP contribution in [0.3, 0.4) is 0 Å². The summed E-state index contributed by atoms with van der Waals surface area (Å²) in [5.74, 6) is -1.06. The Labute approximate surface area is 118 Å². The third-order valence-corrected chi connectivity index (χ3v) is 4.55. The number of rotatable bonds is 4. The number of carbonyl (C=O) groups is 2. The molecule has 20 heavy (non-hydrogen) atoms. The molecule has 114 valence electrons. The zero-order valence-electron chi connectivity index (χ0n) is 12.1. The highest BCUT2D eigenvalue weighted by Gasteiger charge is 2.50. The molecule has 0 spiro atoms. The van der Waals surface area contributed by atoms with E-state index in [1.807, 2.05) is 13.8 Å². The SMILES string of the molecule is COC1CC(NC(=O)NC2(C(=O)O)CCOC2)C1(C)C. The van der Waals surface area contributed by atoms with E-state index >= 15 is 0 Å². The van der Waals surface area contributed by atoms with Crippen molar-refractivity contribution in [2.45, 2.75) is 44.4 Å². The summed E-state index contributed by atoms with van der Waals surface area (Å²) in [4.78, 5) is 23.3. The minimum absolute atomic E-state index is 0.00447. The van der Waals surface area contributed by atoms with E-state index in [-0.39, 0.29) is 30.6 Å². The highest BCUT2D eigenvalue weighted by molar-refractivity contribution is 5.86. The normalized spacial score (nSPS) is 35.1. The summed E-state index contributed by atoms with van der Waals surface area (Å²) in [7, 11) is 1.65. The molecule has 1 heterocycles. The lowest BCUT2D eigenvalue weighted by Crippen LogP contribution is -2.66. The first-order valence-electron chi connectivity index (χ1n) is 6.74. The number of carboxylic acids is 1. The van der Waals surface area contributed by atoms with Crippen molar-refractivity contribution in [2.75, 3.05) is 20.3 Å². The standard InChI is InChI=1S/C13H22N2O5/c1-12(2)8(6-9(12)19-3)14-11(18)15-13(10(16)17)4-5-20-7-13/h8-9H,4-7H2,1-3H3,(H,16,17)(H2,14,15,18). The minimum Gasteiger partial charge on any atom is -0.479 e. The van der Waals surface area contributed by atoms with Crippen molar-refractivity contribution in [3.8, 4) is 0 Å². The number of ether oxygens (including phenoxy) is 2. The van der Waals surface area contributed by atoms with Gasteiger partial charge < -0.3 is 25.2 Å². The largest absolute Gasteiger partial charge is 0.479 e. The van der Waals surface area contributed by atoms with Crippen molar-refractivity contribution in [3.05, 3.63) is 0 Å². The Balaban J connectivity index is 1.92. The molecule has 0 radical (unpaired) electrons. The molecular formula is C13H22N2O5. The molecule has 3 unspecified atom stereocenters. The molecule has 7 heteroatoms. The van der Waals surface area contributed by atoms with Gasteiger partial charge >= 0.3 is 12.0 Å². The van der Waals surface area contributed by atoms with Gasteiger partial charge in [-0.3, -0.25) is 0 Å². The average Bonchev–Trinajstić information content (AvgIpc) is 2.83. The fourth-order valence-electron chi connectivity index (χ4n) is 2.83. The lowest BCUT2D eigenvalue weighted by molar-refractivity contribution is -0.144. The maximum atomic E-state index is 12.0. The van der Waals surface area contributed by atoms with Crippen molar-refractivity contribution in [2.24, 2.45) is 5.41 Å². The van der Waals surface area contributed by atoms with E-state index in [0.717, 1.165) is 6.42 Å². The molecule has 0 aromatic carbocycles. The van der Waals surface area contributed by atoms with Crippen molar-refractivity contribution < 1.29 is 24.2 Å². The first-order chi connectivity index (χ1) is 9.32. The monoisotopic (exact) mass is 286 g/mol. The van der Waals surface area contributed by atoms with E-state index in [9.17, 15) is 14.7 Å². The summed E-state index contributed by atoms with van der Waals surface area (Å²) in [6, 6.07) is -0.494. The number of carboxylic acid groups (broad SMARTS) is 1. The van der Waals surface area contributed by atoms with Crippen molar-refractivity contribution in [1.82, 2.24) is 10.6 Å². The molecule has 0 aromatic heterocycles. The van der Waals surface area contributed by atoms with E-state index in [1.165, 1.54) is 0 Å². The predicted octanol–water partition coefficient (Wildman–Crippen LogP) is 0.343. The second-order valence-corrected chi connectivity index (χ2v) is 6.12. The number of nitrogens with one attached hydrogen (secondary N) is 2. The van der Waals surface area contributed by atoms with Gasteiger partial charge in [0.1, 0.15) is 0 Å². The lowest BCUT2D eigenvalue weighted by atomic mass is 9.64. The predicted molar refractivity (Wildman–Crippen MR) is 70.5 cm³/mol. The quantitative estimate of drug-likeness (QED) is 0.692. The number of hydrogen-bond acceptors (Lipinski definition) is 4. The van der Waals surface area contributed by atoms with Gasteiger partial charge in [0, 0.05) is 31.6 Å². The van der Waals surface area contributed by atoms with Gasteiger partial charge in [0.05, 0.1) is 12.7 Å². The smallest absolute Gasteiger partial charge is 0.332 e. The van der Waals surface area contributed by atoms with Gasteiger partial charge in [0.25, 0.3) is 0 Å². The molecule has 1 aliphatic carbocycles. The van der Waals surface area contributed by atoms with Gasteiger partial charge in [-0.2, -0.15) is 0 Å². The molecule has 2 aliphatic rings. The third kappa shape index (κ3) is 2.47. The molecule has 0 aromatic rings. The molecule has 3 N–H and O–H groups in total. The van der Waals surface area contributed by atoms with Gasteiger partial charge in [0.2, 0.25) is 0 Å². The van der Waals surface area contributed by atoms with E-state index in [2.05, 4.69) is 10.6 Å². The maximum absolute atomic E-state index is 12.0. The van der Waals surface area contributed by atoms with Crippen LogP contribution in [0.2, 0.25) is 0 Å². The number of amides is 2.